The van der Waals surface area contributed by atoms with Gasteiger partial charge in [0, 0.05) is 25.8 Å². The second-order valence-electron chi connectivity index (χ2n) is 3.26. The summed E-state index contributed by atoms with van der Waals surface area (Å²) in [5, 5.41) is 6.72. The highest BCUT2D eigenvalue weighted by atomic mass is 16.7. The fourth-order valence-corrected chi connectivity index (χ4v) is 1.20. The largest absolute Gasteiger partial charge is 0.435 e. The summed E-state index contributed by atoms with van der Waals surface area (Å²) in [6.07, 6.45) is 1.99. The molecule has 88 valence electrons. The molecule has 5 heteroatoms. The minimum absolute atomic E-state index is 0.304. The number of hydrogen-bond donors (Lipinski definition) is 1. The molecule has 0 aliphatic carbocycles. The van der Waals surface area contributed by atoms with E-state index in [1.807, 2.05) is 6.92 Å². The zero-order valence-electron chi connectivity index (χ0n) is 9.99. The van der Waals surface area contributed by atoms with Crippen molar-refractivity contribution < 1.29 is 9.63 Å². The van der Waals surface area contributed by atoms with Crippen LogP contribution in [0.2, 0.25) is 0 Å². The molecule has 1 amide bonds. The van der Waals surface area contributed by atoms with Crippen molar-refractivity contribution in [1.29, 1.82) is 0 Å². The summed E-state index contributed by atoms with van der Waals surface area (Å²) in [5.74, 6) is 0. The maximum absolute atomic E-state index is 11.3. The Morgan fingerprint density at radius 1 is 1.60 bits per heavy atom. The molecule has 0 radical (unpaired) electrons. The topological polar surface area (TPSA) is 53.9 Å². The van der Waals surface area contributed by atoms with Crippen LogP contribution in [-0.4, -0.2) is 43.4 Å². The van der Waals surface area contributed by atoms with Crippen molar-refractivity contribution >= 4 is 12.3 Å². The van der Waals surface area contributed by atoms with E-state index in [1.54, 1.807) is 14.0 Å². The molecular formula is C10H21N3O2. The fourth-order valence-electron chi connectivity index (χ4n) is 1.20. The van der Waals surface area contributed by atoms with Crippen molar-refractivity contribution in [3.05, 3.63) is 0 Å². The van der Waals surface area contributed by atoms with Crippen LogP contribution in [0.25, 0.3) is 0 Å². The number of likely N-dealkylation sites (N-methyl/N-ethyl adjacent to an activating group) is 2. The Morgan fingerprint density at radius 2 is 2.27 bits per heavy atom. The maximum Gasteiger partial charge on any atom is 0.435 e. The number of nitrogens with zero attached hydrogens (tertiary/aromatic N) is 2. The Balaban J connectivity index is 3.97. The monoisotopic (exact) mass is 215 g/mol. The van der Waals surface area contributed by atoms with E-state index in [0.717, 1.165) is 13.0 Å². The van der Waals surface area contributed by atoms with Gasteiger partial charge in [0.15, 0.2) is 0 Å². The van der Waals surface area contributed by atoms with Crippen LogP contribution >= 0.6 is 0 Å². The van der Waals surface area contributed by atoms with Gasteiger partial charge < -0.3 is 10.2 Å². The van der Waals surface area contributed by atoms with E-state index in [9.17, 15) is 4.79 Å². The van der Waals surface area contributed by atoms with Crippen LogP contribution < -0.4 is 5.32 Å². The molecule has 0 aliphatic heterocycles. The third-order valence-corrected chi connectivity index (χ3v) is 2.03. The molecule has 0 aromatic rings. The minimum Gasteiger partial charge on any atom is -0.313 e. The van der Waals surface area contributed by atoms with Gasteiger partial charge in [0.25, 0.3) is 0 Å². The molecule has 1 atom stereocenters. The summed E-state index contributed by atoms with van der Waals surface area (Å²) >= 11 is 0. The lowest BCUT2D eigenvalue weighted by Gasteiger charge is -2.22. The lowest BCUT2D eigenvalue weighted by atomic mass is 10.2. The summed E-state index contributed by atoms with van der Waals surface area (Å²) in [4.78, 5) is 17.4. The van der Waals surface area contributed by atoms with Crippen molar-refractivity contribution in [1.82, 2.24) is 10.2 Å². The highest BCUT2D eigenvalue weighted by molar-refractivity contribution is 5.68. The molecular weight excluding hydrogens is 194 g/mol. The van der Waals surface area contributed by atoms with Gasteiger partial charge in [-0.2, -0.15) is 0 Å². The first-order valence-electron chi connectivity index (χ1n) is 5.29. The van der Waals surface area contributed by atoms with Crippen molar-refractivity contribution in [3.63, 3.8) is 0 Å². The van der Waals surface area contributed by atoms with Gasteiger partial charge >= 0.3 is 6.09 Å². The normalized spacial score (nSPS) is 12.8. The highest BCUT2D eigenvalue weighted by Gasteiger charge is 2.14. The lowest BCUT2D eigenvalue weighted by molar-refractivity contribution is 0.111. The molecule has 1 N–H and O–H groups in total. The van der Waals surface area contributed by atoms with Gasteiger partial charge in [-0.05, 0) is 19.9 Å². The first kappa shape index (κ1) is 13.9. The number of hydrogen-bond acceptors (Lipinski definition) is 4. The Bertz CT molecular complexity index is 207. The average Bonchev–Trinajstić information content (AvgIpc) is 2.24. The van der Waals surface area contributed by atoms with E-state index in [4.69, 9.17) is 0 Å². The van der Waals surface area contributed by atoms with E-state index in [0.29, 0.717) is 12.6 Å². The predicted octanol–water partition coefficient (Wildman–Crippen LogP) is 1.45. The second kappa shape index (κ2) is 8.23. The molecule has 0 saturated carbocycles. The van der Waals surface area contributed by atoms with E-state index in [1.165, 1.54) is 11.1 Å². The number of rotatable bonds is 6. The van der Waals surface area contributed by atoms with Crippen LogP contribution in [0.1, 0.15) is 27.2 Å². The van der Waals surface area contributed by atoms with Gasteiger partial charge in [-0.3, -0.25) is 4.84 Å². The number of carbonyl (C=O) groups is 1. The lowest BCUT2D eigenvalue weighted by Crippen LogP contribution is -2.41. The first-order chi connectivity index (χ1) is 7.15. The van der Waals surface area contributed by atoms with Gasteiger partial charge in [-0.1, -0.05) is 19.0 Å². The number of oxime groups is 1. The van der Waals surface area contributed by atoms with Crippen molar-refractivity contribution in [2.24, 2.45) is 5.16 Å². The molecule has 0 aromatic heterocycles. The highest BCUT2D eigenvalue weighted by Crippen LogP contribution is 1.97. The number of amides is 1. The predicted molar refractivity (Wildman–Crippen MR) is 61.0 cm³/mol. The average molecular weight is 215 g/mol. The third-order valence-electron chi connectivity index (χ3n) is 2.03. The van der Waals surface area contributed by atoms with Crippen LogP contribution in [0.4, 0.5) is 4.79 Å². The van der Waals surface area contributed by atoms with E-state index >= 15 is 0 Å². The molecule has 0 aromatic carbocycles. The van der Waals surface area contributed by atoms with Crippen molar-refractivity contribution in [2.75, 3.05) is 20.1 Å². The van der Waals surface area contributed by atoms with E-state index in [2.05, 4.69) is 22.2 Å². The van der Waals surface area contributed by atoms with Gasteiger partial charge in [-0.25, -0.2) is 4.79 Å². The van der Waals surface area contributed by atoms with Gasteiger partial charge in [-0.15, -0.1) is 0 Å². The van der Waals surface area contributed by atoms with Crippen molar-refractivity contribution in [3.8, 4) is 0 Å². The molecule has 0 fully saturated rings. The molecule has 1 unspecified atom stereocenters. The van der Waals surface area contributed by atoms with E-state index < -0.39 is 6.09 Å². The van der Waals surface area contributed by atoms with Gasteiger partial charge in [0.2, 0.25) is 0 Å². The van der Waals surface area contributed by atoms with Crippen molar-refractivity contribution in [2.45, 2.75) is 33.2 Å². The molecule has 0 bridgehead atoms. The molecule has 0 heterocycles. The summed E-state index contributed by atoms with van der Waals surface area (Å²) in [5.41, 5.74) is 0. The first-order valence-corrected chi connectivity index (χ1v) is 5.29. The zero-order chi connectivity index (χ0) is 11.7. The zero-order valence-corrected chi connectivity index (χ0v) is 9.99. The SMILES string of the molecule is C/C=N\OC(=O)N(C)CC(CC)NCC. The molecule has 0 rings (SSSR count). The summed E-state index contributed by atoms with van der Waals surface area (Å²) in [6, 6.07) is 0.304. The molecule has 0 saturated heterocycles. The summed E-state index contributed by atoms with van der Waals surface area (Å²) < 4.78 is 0. The molecule has 5 nitrogen and oxygen atoms in total. The number of carbonyl (C=O) groups excluding carboxylic acids is 1. The third kappa shape index (κ3) is 6.06. The Kier molecular flexibility index (Phi) is 7.62. The molecule has 0 spiro atoms. The molecule has 15 heavy (non-hydrogen) atoms. The quantitative estimate of drug-likeness (QED) is 0.414. The molecule has 0 aliphatic rings. The van der Waals surface area contributed by atoms with Gasteiger partial charge in [0.05, 0.1) is 0 Å². The minimum atomic E-state index is -0.426. The van der Waals surface area contributed by atoms with E-state index in [-0.39, 0.29) is 0 Å². The smallest absolute Gasteiger partial charge is 0.313 e. The van der Waals surface area contributed by atoms with Crippen LogP contribution in [-0.2, 0) is 4.84 Å². The van der Waals surface area contributed by atoms with Crippen LogP contribution in [0.15, 0.2) is 5.16 Å². The van der Waals surface area contributed by atoms with Crippen LogP contribution in [0.3, 0.4) is 0 Å². The van der Waals surface area contributed by atoms with Gasteiger partial charge in [0.1, 0.15) is 0 Å². The Labute approximate surface area is 91.5 Å². The standard InChI is InChI=1S/C10H21N3O2/c1-5-9(11-6-2)8-13(4)10(14)15-12-7-3/h7,9,11H,5-6,8H2,1-4H3/b12-7-. The van der Waals surface area contributed by atoms with Crippen LogP contribution in [0, 0.1) is 0 Å². The second-order valence-corrected chi connectivity index (χ2v) is 3.26. The summed E-state index contributed by atoms with van der Waals surface area (Å²) in [6.45, 7) is 7.34. The number of nitrogens with one attached hydrogen (secondary N) is 1. The summed E-state index contributed by atoms with van der Waals surface area (Å²) in [7, 11) is 1.70. The Morgan fingerprint density at radius 3 is 2.73 bits per heavy atom. The Hall–Kier alpha value is -1.10. The maximum atomic E-state index is 11.3. The van der Waals surface area contributed by atoms with Crippen LogP contribution in [0.5, 0.6) is 0 Å². The fraction of sp³-hybridized carbons (Fsp3) is 0.800.